The summed E-state index contributed by atoms with van der Waals surface area (Å²) >= 11 is 0. The van der Waals surface area contributed by atoms with Crippen LogP contribution < -0.4 is 0 Å². The second kappa shape index (κ2) is 12.6. The predicted octanol–water partition coefficient (Wildman–Crippen LogP) is 1.90. The molecule has 46 heavy (non-hydrogen) atoms. The van der Waals surface area contributed by atoms with E-state index in [1.807, 2.05) is 13.8 Å². The van der Waals surface area contributed by atoms with Gasteiger partial charge in [-0.15, -0.1) is 0 Å². The molecule has 0 amide bonds. The first-order valence-corrected chi connectivity index (χ1v) is 18.2. The van der Waals surface area contributed by atoms with E-state index in [0.29, 0.717) is 18.3 Å². The molecule has 5 N–H and O–H groups in total. The minimum Gasteiger partial charge on any atom is -0.726 e. The van der Waals surface area contributed by atoms with Crippen molar-refractivity contribution in [3.8, 4) is 0 Å². The van der Waals surface area contributed by atoms with Crippen LogP contribution >= 0.6 is 0 Å². The quantitative estimate of drug-likeness (QED) is 0.136. The highest BCUT2D eigenvalue weighted by atomic mass is 32.3. The van der Waals surface area contributed by atoms with Crippen LogP contribution in [0.15, 0.2) is 23.0 Å². The second-order valence-corrected chi connectivity index (χ2v) is 16.4. The zero-order valence-corrected chi connectivity index (χ0v) is 28.0. The zero-order chi connectivity index (χ0) is 33.3. The molecular formula is C33H51O12S-. The smallest absolute Gasteiger partial charge is 0.217 e. The van der Waals surface area contributed by atoms with Crippen molar-refractivity contribution in [2.45, 2.75) is 128 Å². The Hall–Kier alpha value is -1.13. The average Bonchev–Trinajstić information content (AvgIpc) is 3.47. The van der Waals surface area contributed by atoms with Crippen molar-refractivity contribution < 1.29 is 56.9 Å². The highest BCUT2D eigenvalue weighted by molar-refractivity contribution is 7.80. The SMILES string of the molecule is CC1=C(CC[C@H](C)CO[C@@H]2O[C@H](CO)[C@@H](O)[C@H](O)[C@H]2O)O[C@H]2C[C@H]3[C@@H]4CC=C5C[C@@H](O)C[C@@H](OS(=O)(=O)[O-])[C@]5(C)[C@H]4CC[C@]3(C)[C@@H]12. The van der Waals surface area contributed by atoms with Crippen molar-refractivity contribution in [3.05, 3.63) is 23.0 Å². The summed E-state index contributed by atoms with van der Waals surface area (Å²) in [5, 5.41) is 50.2. The van der Waals surface area contributed by atoms with Crippen molar-refractivity contribution in [1.82, 2.24) is 0 Å². The molecule has 6 rings (SSSR count). The first-order chi connectivity index (χ1) is 21.6. The van der Waals surface area contributed by atoms with Crippen LogP contribution in [0.1, 0.15) is 79.1 Å². The molecule has 0 aromatic carbocycles. The summed E-state index contributed by atoms with van der Waals surface area (Å²) in [7, 11) is -4.93. The van der Waals surface area contributed by atoms with Crippen LogP contribution in [0.3, 0.4) is 0 Å². The molecule has 0 radical (unpaired) electrons. The fourth-order valence-corrected chi connectivity index (χ4v) is 11.0. The van der Waals surface area contributed by atoms with Gasteiger partial charge in [0.15, 0.2) is 6.29 Å². The Morgan fingerprint density at radius 1 is 1.11 bits per heavy atom. The maximum Gasteiger partial charge on any atom is 0.217 e. The lowest BCUT2D eigenvalue weighted by molar-refractivity contribution is -0.303. The number of allylic oxidation sites excluding steroid dienone is 2. The molecule has 262 valence electrons. The Labute approximate surface area is 271 Å². The fraction of sp³-hybridized carbons (Fsp3) is 0.879. The van der Waals surface area contributed by atoms with Crippen LogP contribution in [0, 0.1) is 40.4 Å². The Kier molecular flexibility index (Phi) is 9.54. The van der Waals surface area contributed by atoms with Gasteiger partial charge < -0.3 is 44.3 Å². The van der Waals surface area contributed by atoms with Crippen LogP contribution in [-0.2, 0) is 28.8 Å². The van der Waals surface area contributed by atoms with Crippen molar-refractivity contribution in [3.63, 3.8) is 0 Å². The van der Waals surface area contributed by atoms with Gasteiger partial charge in [0.05, 0.1) is 31.2 Å². The Bertz CT molecular complexity index is 1320. The van der Waals surface area contributed by atoms with E-state index < -0.39 is 65.3 Å². The first kappa shape index (κ1) is 34.7. The predicted molar refractivity (Wildman–Crippen MR) is 162 cm³/mol. The molecule has 0 bridgehead atoms. The lowest BCUT2D eigenvalue weighted by atomic mass is 9.46. The third kappa shape index (κ3) is 5.90. The summed E-state index contributed by atoms with van der Waals surface area (Å²) in [6.45, 7) is 8.39. The molecule has 15 atom stereocenters. The highest BCUT2D eigenvalue weighted by Gasteiger charge is 2.65. The first-order valence-electron chi connectivity index (χ1n) is 16.9. The van der Waals surface area contributed by atoms with Gasteiger partial charge in [0.25, 0.3) is 0 Å². The minimum atomic E-state index is -4.93. The standard InChI is InChI=1S/C33H52O12S/c1-16(15-42-31-30(38)29(37)28(36)25(14-34)44-31)5-8-23-17(2)27-24(43-23)13-22-20-7-6-18-11-19(35)12-26(45-46(39,40)41)33(18,4)21(20)9-10-32(22,27)3/h6,16,19-22,24-31,34-38H,5,7-15H2,1-4H3,(H,39,40,41)/p-1/t16-,19+,20+,21-,22-,24-,25+,26+,27-,28+,29-,30+,31+,32-,33-/m0/s1. The second-order valence-electron chi connectivity index (χ2n) is 15.4. The summed E-state index contributed by atoms with van der Waals surface area (Å²) in [6, 6.07) is 0. The van der Waals surface area contributed by atoms with Crippen molar-refractivity contribution in [2.24, 2.45) is 40.4 Å². The molecule has 6 aliphatic rings. The molecule has 0 aromatic heterocycles. The fourth-order valence-electron chi connectivity index (χ4n) is 10.5. The van der Waals surface area contributed by atoms with Gasteiger partial charge >= 0.3 is 0 Å². The third-order valence-corrected chi connectivity index (χ3v) is 13.3. The van der Waals surface area contributed by atoms with Gasteiger partial charge in [-0.3, -0.25) is 4.18 Å². The molecule has 2 heterocycles. The Morgan fingerprint density at radius 3 is 2.54 bits per heavy atom. The lowest BCUT2D eigenvalue weighted by Gasteiger charge is -2.59. The van der Waals surface area contributed by atoms with E-state index in [0.717, 1.165) is 49.9 Å². The van der Waals surface area contributed by atoms with E-state index in [-0.39, 0.29) is 42.3 Å². The van der Waals surface area contributed by atoms with Crippen LogP contribution in [0.25, 0.3) is 0 Å². The van der Waals surface area contributed by atoms with Crippen LogP contribution in [0.4, 0.5) is 0 Å². The van der Waals surface area contributed by atoms with Crippen LogP contribution in [-0.4, -0.2) is 101 Å². The maximum atomic E-state index is 11.7. The van der Waals surface area contributed by atoms with E-state index in [1.54, 1.807) is 0 Å². The maximum absolute atomic E-state index is 11.7. The number of hydrogen-bond donors (Lipinski definition) is 5. The molecule has 0 unspecified atom stereocenters. The molecular weight excluding hydrogens is 620 g/mol. The lowest BCUT2D eigenvalue weighted by Crippen LogP contribution is -2.59. The van der Waals surface area contributed by atoms with Crippen molar-refractivity contribution >= 4 is 10.4 Å². The minimum absolute atomic E-state index is 0.0202. The van der Waals surface area contributed by atoms with Gasteiger partial charge in [0.1, 0.15) is 30.5 Å². The monoisotopic (exact) mass is 671 g/mol. The molecule has 3 saturated carbocycles. The summed E-state index contributed by atoms with van der Waals surface area (Å²) < 4.78 is 58.2. The highest BCUT2D eigenvalue weighted by Crippen LogP contribution is 2.69. The molecule has 0 aromatic rings. The molecule has 1 saturated heterocycles. The number of aliphatic hydroxyl groups excluding tert-OH is 5. The summed E-state index contributed by atoms with van der Waals surface area (Å²) in [5.41, 5.74) is 1.70. The normalized spacial score (nSPS) is 47.7. The van der Waals surface area contributed by atoms with Crippen molar-refractivity contribution in [1.29, 1.82) is 0 Å². The van der Waals surface area contributed by atoms with Gasteiger partial charge in [-0.1, -0.05) is 32.4 Å². The van der Waals surface area contributed by atoms with E-state index in [4.69, 9.17) is 18.4 Å². The zero-order valence-electron chi connectivity index (χ0n) is 27.2. The van der Waals surface area contributed by atoms with Gasteiger partial charge in [-0.05, 0) is 80.1 Å². The Balaban J connectivity index is 1.10. The van der Waals surface area contributed by atoms with Crippen molar-refractivity contribution in [2.75, 3.05) is 13.2 Å². The van der Waals surface area contributed by atoms with Gasteiger partial charge in [-0.25, -0.2) is 8.42 Å². The number of rotatable bonds is 9. The van der Waals surface area contributed by atoms with Gasteiger partial charge in [0, 0.05) is 24.2 Å². The summed E-state index contributed by atoms with van der Waals surface area (Å²) in [6.07, 6.45) is -0.0928. The third-order valence-electron chi connectivity index (χ3n) is 12.8. The molecule has 4 aliphatic carbocycles. The summed E-state index contributed by atoms with van der Waals surface area (Å²) in [4.78, 5) is 0. The summed E-state index contributed by atoms with van der Waals surface area (Å²) in [5.74, 6) is 2.21. The largest absolute Gasteiger partial charge is 0.726 e. The average molecular weight is 672 g/mol. The Morgan fingerprint density at radius 2 is 1.85 bits per heavy atom. The van der Waals surface area contributed by atoms with E-state index in [1.165, 1.54) is 5.57 Å². The topological polar surface area (TPSA) is 195 Å². The van der Waals surface area contributed by atoms with E-state index in [9.17, 15) is 38.5 Å². The molecule has 12 nitrogen and oxygen atoms in total. The van der Waals surface area contributed by atoms with Gasteiger partial charge in [0.2, 0.25) is 10.4 Å². The van der Waals surface area contributed by atoms with E-state index in [2.05, 4.69) is 19.9 Å². The van der Waals surface area contributed by atoms with Crippen LogP contribution in [0.2, 0.25) is 0 Å². The number of hydrogen-bond acceptors (Lipinski definition) is 12. The molecule has 4 fully saturated rings. The molecule has 0 spiro atoms. The van der Waals surface area contributed by atoms with Crippen LogP contribution in [0.5, 0.6) is 0 Å². The number of fused-ring (bicyclic) bond motifs is 7. The molecule has 2 aliphatic heterocycles. The van der Waals surface area contributed by atoms with Gasteiger partial charge in [-0.2, -0.15) is 0 Å². The number of aliphatic hydroxyl groups is 5. The van der Waals surface area contributed by atoms with E-state index >= 15 is 0 Å². The molecule has 13 heteroatoms. The number of ether oxygens (including phenoxy) is 3.